The van der Waals surface area contributed by atoms with E-state index in [9.17, 15) is 4.79 Å². The van der Waals surface area contributed by atoms with Gasteiger partial charge in [0.25, 0.3) is 0 Å². The molecule has 0 saturated heterocycles. The van der Waals surface area contributed by atoms with Gasteiger partial charge in [0, 0.05) is 6.42 Å². The predicted molar refractivity (Wildman–Crippen MR) is 45.6 cm³/mol. The van der Waals surface area contributed by atoms with E-state index >= 15 is 0 Å². The van der Waals surface area contributed by atoms with Crippen molar-refractivity contribution >= 4 is 5.97 Å². The van der Waals surface area contributed by atoms with E-state index in [4.69, 9.17) is 5.11 Å². The zero-order valence-corrected chi connectivity index (χ0v) is 7.47. The van der Waals surface area contributed by atoms with Crippen LogP contribution in [0, 0.1) is 5.92 Å². The number of carboxylic acid groups (broad SMARTS) is 1. The van der Waals surface area contributed by atoms with E-state index in [1.54, 1.807) is 0 Å². The van der Waals surface area contributed by atoms with Crippen molar-refractivity contribution in [3.05, 3.63) is 0 Å². The molecular weight excluding hydrogens is 140 g/mol. The van der Waals surface area contributed by atoms with Crippen LogP contribution >= 0.6 is 0 Å². The molecule has 0 aromatic heterocycles. The fraction of sp³-hybridized carbons (Fsp3) is 0.889. The van der Waals surface area contributed by atoms with Crippen LogP contribution in [-0.2, 0) is 4.79 Å². The van der Waals surface area contributed by atoms with Crippen molar-refractivity contribution in [1.29, 1.82) is 0 Å². The van der Waals surface area contributed by atoms with Gasteiger partial charge < -0.3 is 5.11 Å². The molecule has 0 saturated carbocycles. The molecule has 0 unspecified atom stereocenters. The molecule has 0 bridgehead atoms. The maximum absolute atomic E-state index is 10.3. The van der Waals surface area contributed by atoms with Crippen molar-refractivity contribution in [3.8, 4) is 0 Å². The summed E-state index contributed by atoms with van der Waals surface area (Å²) < 4.78 is 0. The summed E-state index contributed by atoms with van der Waals surface area (Å²) in [5, 5.41) is 8.51. The first-order chi connectivity index (χ1) is 5.20. The van der Waals surface area contributed by atoms with Gasteiger partial charge in [0.1, 0.15) is 0 Å². The Kier molecular flexibility index (Phi) is 5.90. The second kappa shape index (κ2) is 6.20. The quantitative estimate of drug-likeness (QED) is 0.645. The molecule has 0 aromatic rings. The molecular formula is C9H18O2. The van der Waals surface area contributed by atoms with Gasteiger partial charge in [-0.3, -0.25) is 4.79 Å². The highest BCUT2D eigenvalue weighted by molar-refractivity contribution is 5.66. The Morgan fingerprint density at radius 2 is 2.09 bits per heavy atom. The van der Waals surface area contributed by atoms with Gasteiger partial charge in [0.2, 0.25) is 0 Å². The van der Waals surface area contributed by atoms with E-state index in [-0.39, 0.29) is 0 Å². The molecule has 0 spiro atoms. The fourth-order valence-electron chi connectivity index (χ4n) is 1.19. The van der Waals surface area contributed by atoms with Crippen LogP contribution in [-0.4, -0.2) is 11.1 Å². The minimum Gasteiger partial charge on any atom is -0.481 e. The summed E-state index contributed by atoms with van der Waals surface area (Å²) >= 11 is 0. The molecule has 0 radical (unpaired) electrons. The summed E-state index contributed by atoms with van der Waals surface area (Å²) in [5.74, 6) is -0.264. The van der Waals surface area contributed by atoms with E-state index in [0.717, 1.165) is 25.7 Å². The minimum atomic E-state index is -0.659. The Hall–Kier alpha value is -0.530. The Morgan fingerprint density at radius 1 is 1.45 bits per heavy atom. The molecule has 0 amide bonds. The van der Waals surface area contributed by atoms with E-state index in [1.165, 1.54) is 0 Å². The van der Waals surface area contributed by atoms with Gasteiger partial charge in [-0.05, 0) is 12.3 Å². The predicted octanol–water partition coefficient (Wildman–Crippen LogP) is 2.68. The smallest absolute Gasteiger partial charge is 0.303 e. The third kappa shape index (κ3) is 5.89. The number of carboxylic acids is 1. The van der Waals surface area contributed by atoms with Crippen LogP contribution in [0.25, 0.3) is 0 Å². The van der Waals surface area contributed by atoms with Gasteiger partial charge in [0.15, 0.2) is 0 Å². The van der Waals surface area contributed by atoms with Crippen molar-refractivity contribution in [3.63, 3.8) is 0 Å². The lowest BCUT2D eigenvalue weighted by Gasteiger charge is -2.10. The second-order valence-electron chi connectivity index (χ2n) is 3.01. The molecule has 66 valence electrons. The van der Waals surface area contributed by atoms with Gasteiger partial charge in [-0.25, -0.2) is 0 Å². The summed E-state index contributed by atoms with van der Waals surface area (Å²) in [6.45, 7) is 4.19. The number of unbranched alkanes of at least 4 members (excludes halogenated alkanes) is 1. The summed E-state index contributed by atoms with van der Waals surface area (Å²) in [7, 11) is 0. The van der Waals surface area contributed by atoms with Crippen LogP contribution in [0.4, 0.5) is 0 Å². The molecule has 1 atom stereocenters. The Bertz CT molecular complexity index is 110. The van der Waals surface area contributed by atoms with Crippen molar-refractivity contribution in [2.45, 2.75) is 46.0 Å². The normalized spacial score (nSPS) is 12.9. The average molecular weight is 158 g/mol. The van der Waals surface area contributed by atoms with E-state index in [1.807, 2.05) is 0 Å². The monoisotopic (exact) mass is 158 g/mol. The average Bonchev–Trinajstić information content (AvgIpc) is 1.97. The molecule has 11 heavy (non-hydrogen) atoms. The van der Waals surface area contributed by atoms with Gasteiger partial charge >= 0.3 is 5.97 Å². The molecule has 0 heterocycles. The maximum Gasteiger partial charge on any atom is 0.303 e. The van der Waals surface area contributed by atoms with Crippen molar-refractivity contribution in [2.24, 2.45) is 5.92 Å². The van der Waals surface area contributed by atoms with Crippen LogP contribution in [0.1, 0.15) is 46.0 Å². The first kappa shape index (κ1) is 10.5. The number of rotatable bonds is 6. The third-order valence-corrected chi connectivity index (χ3v) is 2.01. The maximum atomic E-state index is 10.3. The molecule has 1 N–H and O–H groups in total. The van der Waals surface area contributed by atoms with Crippen molar-refractivity contribution < 1.29 is 9.90 Å². The highest BCUT2D eigenvalue weighted by Gasteiger charge is 2.09. The first-order valence-corrected chi connectivity index (χ1v) is 4.42. The minimum absolute atomic E-state index is 0.344. The Labute approximate surface area is 68.6 Å². The largest absolute Gasteiger partial charge is 0.481 e. The van der Waals surface area contributed by atoms with Crippen molar-refractivity contribution in [2.75, 3.05) is 0 Å². The van der Waals surface area contributed by atoms with Gasteiger partial charge in [-0.1, -0.05) is 33.1 Å². The SMILES string of the molecule is CCCC[C@H](CC)CC(=O)O. The van der Waals surface area contributed by atoms with Crippen molar-refractivity contribution in [1.82, 2.24) is 0 Å². The summed E-state index contributed by atoms with van der Waals surface area (Å²) in [5.41, 5.74) is 0. The summed E-state index contributed by atoms with van der Waals surface area (Å²) in [4.78, 5) is 10.3. The number of aliphatic carboxylic acids is 1. The first-order valence-electron chi connectivity index (χ1n) is 4.42. The lowest BCUT2D eigenvalue weighted by molar-refractivity contribution is -0.138. The van der Waals surface area contributed by atoms with Crippen LogP contribution < -0.4 is 0 Å². The van der Waals surface area contributed by atoms with Crippen LogP contribution in [0.2, 0.25) is 0 Å². The summed E-state index contributed by atoms with van der Waals surface area (Å²) in [6, 6.07) is 0. The lowest BCUT2D eigenvalue weighted by Crippen LogP contribution is -2.06. The zero-order chi connectivity index (χ0) is 8.69. The molecule has 0 rings (SSSR count). The number of hydrogen-bond donors (Lipinski definition) is 1. The molecule has 0 fully saturated rings. The zero-order valence-electron chi connectivity index (χ0n) is 7.47. The van der Waals surface area contributed by atoms with Crippen LogP contribution in [0.3, 0.4) is 0 Å². The van der Waals surface area contributed by atoms with Gasteiger partial charge in [0.05, 0.1) is 0 Å². The molecule has 2 heteroatoms. The lowest BCUT2D eigenvalue weighted by atomic mass is 9.96. The number of hydrogen-bond acceptors (Lipinski definition) is 1. The highest BCUT2D eigenvalue weighted by Crippen LogP contribution is 2.15. The van der Waals surface area contributed by atoms with Crippen LogP contribution in [0.5, 0.6) is 0 Å². The standard InChI is InChI=1S/C9H18O2/c1-3-5-6-8(4-2)7-9(10)11/h8H,3-7H2,1-2H3,(H,10,11)/t8-/m0/s1. The van der Waals surface area contributed by atoms with Crippen LogP contribution in [0.15, 0.2) is 0 Å². The summed E-state index contributed by atoms with van der Waals surface area (Å²) in [6.07, 6.45) is 4.73. The van der Waals surface area contributed by atoms with E-state index in [2.05, 4.69) is 13.8 Å². The second-order valence-corrected chi connectivity index (χ2v) is 3.01. The Balaban J connectivity index is 3.49. The molecule has 0 aromatic carbocycles. The van der Waals surface area contributed by atoms with E-state index < -0.39 is 5.97 Å². The molecule has 2 nitrogen and oxygen atoms in total. The number of carbonyl (C=O) groups is 1. The topological polar surface area (TPSA) is 37.3 Å². The molecule has 0 aliphatic rings. The van der Waals surface area contributed by atoms with Gasteiger partial charge in [-0.2, -0.15) is 0 Å². The van der Waals surface area contributed by atoms with Gasteiger partial charge in [-0.15, -0.1) is 0 Å². The fourth-order valence-corrected chi connectivity index (χ4v) is 1.19. The molecule has 0 aliphatic heterocycles. The third-order valence-electron chi connectivity index (χ3n) is 2.01. The van der Waals surface area contributed by atoms with E-state index in [0.29, 0.717) is 12.3 Å². The molecule has 0 aliphatic carbocycles. The Morgan fingerprint density at radius 3 is 2.45 bits per heavy atom. The highest BCUT2D eigenvalue weighted by atomic mass is 16.4.